The van der Waals surface area contributed by atoms with Crippen LogP contribution in [0.4, 0.5) is 0 Å². The van der Waals surface area contributed by atoms with Crippen LogP contribution in [0.1, 0.15) is 24.8 Å². The number of rotatable bonds is 9. The van der Waals surface area contributed by atoms with Crippen LogP contribution in [-0.2, 0) is 11.3 Å². The van der Waals surface area contributed by atoms with E-state index in [2.05, 4.69) is 15.9 Å². The molecule has 2 fully saturated rings. The van der Waals surface area contributed by atoms with Gasteiger partial charge in [0.1, 0.15) is 5.75 Å². The summed E-state index contributed by atoms with van der Waals surface area (Å²) in [5.41, 5.74) is 1.17. The number of benzene rings is 1. The first kappa shape index (κ1) is 20.6. The Kier molecular flexibility index (Phi) is 8.35. The zero-order valence-corrected chi connectivity index (χ0v) is 16.3. The molecule has 152 valence electrons. The Morgan fingerprint density at radius 3 is 2.67 bits per heavy atom. The lowest BCUT2D eigenvalue weighted by Gasteiger charge is -2.35. The molecule has 0 amide bonds. The van der Waals surface area contributed by atoms with Crippen LogP contribution in [0.3, 0.4) is 0 Å². The van der Waals surface area contributed by atoms with Crippen LogP contribution < -0.4 is 4.74 Å². The molecule has 2 atom stereocenters. The molecule has 6 nitrogen and oxygen atoms in total. The second-order valence-electron chi connectivity index (χ2n) is 7.65. The molecule has 2 saturated heterocycles. The Bertz CT molecular complexity index is 551. The van der Waals surface area contributed by atoms with Crippen molar-refractivity contribution in [3.63, 3.8) is 0 Å². The highest BCUT2D eigenvalue weighted by Gasteiger charge is 2.27. The van der Waals surface area contributed by atoms with E-state index < -0.39 is 6.10 Å². The molecule has 0 aliphatic carbocycles. The van der Waals surface area contributed by atoms with Gasteiger partial charge in [0.05, 0.1) is 25.9 Å². The first-order valence-electron chi connectivity index (χ1n) is 10.3. The van der Waals surface area contributed by atoms with Crippen LogP contribution in [-0.4, -0.2) is 85.3 Å². The lowest BCUT2D eigenvalue weighted by molar-refractivity contribution is -0.00468. The lowest BCUT2D eigenvalue weighted by atomic mass is 9.94. The van der Waals surface area contributed by atoms with Gasteiger partial charge in [0.15, 0.2) is 0 Å². The highest BCUT2D eigenvalue weighted by Crippen LogP contribution is 2.24. The Morgan fingerprint density at radius 2 is 1.89 bits per heavy atom. The number of likely N-dealkylation sites (tertiary alicyclic amines) is 1. The number of unbranched alkanes of at least 4 members (excludes halogenated alkanes) is 1. The second kappa shape index (κ2) is 11.0. The van der Waals surface area contributed by atoms with E-state index >= 15 is 0 Å². The molecule has 2 aliphatic rings. The van der Waals surface area contributed by atoms with Gasteiger partial charge in [0.25, 0.3) is 0 Å². The summed E-state index contributed by atoms with van der Waals surface area (Å²) in [6, 6.07) is 8.19. The minimum atomic E-state index is -0.447. The number of hydrogen-bond acceptors (Lipinski definition) is 6. The molecule has 0 spiro atoms. The highest BCUT2D eigenvalue weighted by molar-refractivity contribution is 5.33. The number of piperidine rings is 1. The van der Waals surface area contributed by atoms with Crippen molar-refractivity contribution in [1.29, 1.82) is 0 Å². The molecule has 0 bridgehead atoms. The minimum absolute atomic E-state index is 0.0132. The normalized spacial score (nSPS) is 24.8. The summed E-state index contributed by atoms with van der Waals surface area (Å²) in [7, 11) is 0. The fraction of sp³-hybridized carbons (Fsp3) is 0.714. The van der Waals surface area contributed by atoms with Gasteiger partial charge in [0, 0.05) is 44.3 Å². The Morgan fingerprint density at radius 1 is 1.07 bits per heavy atom. The first-order valence-corrected chi connectivity index (χ1v) is 10.3. The maximum Gasteiger partial charge on any atom is 0.123 e. The Labute approximate surface area is 162 Å². The zero-order chi connectivity index (χ0) is 18.9. The van der Waals surface area contributed by atoms with E-state index in [9.17, 15) is 10.2 Å². The molecular formula is C21H34N2O4. The molecule has 0 unspecified atom stereocenters. The van der Waals surface area contributed by atoms with Crippen LogP contribution in [0.15, 0.2) is 24.3 Å². The number of β-amino-alcohol motifs (C(OH)–C–C–N with tert-alkyl or cyclic N) is 1. The van der Waals surface area contributed by atoms with Crippen LogP contribution in [0, 0.1) is 5.92 Å². The predicted molar refractivity (Wildman–Crippen MR) is 105 cm³/mol. The number of morpholine rings is 1. The smallest absolute Gasteiger partial charge is 0.123 e. The van der Waals surface area contributed by atoms with E-state index in [1.807, 2.05) is 18.2 Å². The van der Waals surface area contributed by atoms with Gasteiger partial charge in [0.2, 0.25) is 0 Å². The number of aliphatic hydroxyl groups excluding tert-OH is 2. The van der Waals surface area contributed by atoms with Gasteiger partial charge in [-0.3, -0.25) is 9.80 Å². The average Bonchev–Trinajstić information content (AvgIpc) is 2.70. The number of hydrogen-bond donors (Lipinski definition) is 2. The molecule has 0 radical (unpaired) electrons. The standard InChI is InChI=1S/C21H34N2O4/c24-17-19-7-9-23(16-20(19)25)15-18-5-1-2-6-21(18)27-12-4-3-8-22-10-13-26-14-11-22/h1-2,5-6,19-20,24-25H,3-4,7-17H2/t19-,20-/m1/s1. The predicted octanol–water partition coefficient (Wildman–Crippen LogP) is 1.35. The largest absolute Gasteiger partial charge is 0.493 e. The Hall–Kier alpha value is -1.18. The van der Waals surface area contributed by atoms with Crippen molar-refractivity contribution in [2.45, 2.75) is 31.9 Å². The van der Waals surface area contributed by atoms with Crippen molar-refractivity contribution >= 4 is 0 Å². The fourth-order valence-electron chi connectivity index (χ4n) is 3.86. The SMILES string of the molecule is OC[C@H]1CCN(Cc2ccccc2OCCCCN2CCOCC2)C[C@H]1O. The van der Waals surface area contributed by atoms with Crippen LogP contribution in [0.2, 0.25) is 0 Å². The zero-order valence-electron chi connectivity index (χ0n) is 16.3. The maximum atomic E-state index is 10.1. The molecule has 2 N–H and O–H groups in total. The number of nitrogens with zero attached hydrogens (tertiary/aromatic N) is 2. The third-order valence-electron chi connectivity index (χ3n) is 5.64. The van der Waals surface area contributed by atoms with E-state index in [-0.39, 0.29) is 12.5 Å². The van der Waals surface area contributed by atoms with E-state index in [1.54, 1.807) is 0 Å². The number of aliphatic hydroxyl groups is 2. The summed E-state index contributed by atoms with van der Waals surface area (Å²) < 4.78 is 11.4. The fourth-order valence-corrected chi connectivity index (χ4v) is 3.86. The van der Waals surface area contributed by atoms with Crippen molar-refractivity contribution < 1.29 is 19.7 Å². The molecule has 27 heavy (non-hydrogen) atoms. The van der Waals surface area contributed by atoms with Gasteiger partial charge in [-0.05, 0) is 38.4 Å². The minimum Gasteiger partial charge on any atom is -0.493 e. The van der Waals surface area contributed by atoms with Gasteiger partial charge in [-0.25, -0.2) is 0 Å². The lowest BCUT2D eigenvalue weighted by Crippen LogP contribution is -2.44. The van der Waals surface area contributed by atoms with Gasteiger partial charge >= 0.3 is 0 Å². The summed E-state index contributed by atoms with van der Waals surface area (Å²) in [5, 5.41) is 19.4. The molecule has 2 heterocycles. The second-order valence-corrected chi connectivity index (χ2v) is 7.65. The van der Waals surface area contributed by atoms with E-state index in [0.29, 0.717) is 6.54 Å². The molecule has 0 saturated carbocycles. The van der Waals surface area contributed by atoms with Gasteiger partial charge in [-0.1, -0.05) is 18.2 Å². The van der Waals surface area contributed by atoms with Gasteiger partial charge in [-0.2, -0.15) is 0 Å². The quantitative estimate of drug-likeness (QED) is 0.633. The van der Waals surface area contributed by atoms with Crippen molar-refractivity contribution in [2.75, 3.05) is 59.2 Å². The van der Waals surface area contributed by atoms with Gasteiger partial charge in [-0.15, -0.1) is 0 Å². The van der Waals surface area contributed by atoms with Crippen LogP contribution in [0.5, 0.6) is 5.75 Å². The number of para-hydroxylation sites is 1. The summed E-state index contributed by atoms with van der Waals surface area (Å²) in [6.07, 6.45) is 2.58. The van der Waals surface area contributed by atoms with E-state index in [0.717, 1.165) is 77.6 Å². The molecular weight excluding hydrogens is 344 g/mol. The summed E-state index contributed by atoms with van der Waals surface area (Å²) in [5.74, 6) is 0.960. The third kappa shape index (κ3) is 6.43. The van der Waals surface area contributed by atoms with Gasteiger partial charge < -0.3 is 19.7 Å². The Balaban J connectivity index is 1.41. The summed E-state index contributed by atoms with van der Waals surface area (Å²) in [6.45, 7) is 8.00. The van der Waals surface area contributed by atoms with Crippen LogP contribution >= 0.6 is 0 Å². The molecule has 1 aromatic rings. The number of ether oxygens (including phenoxy) is 2. The summed E-state index contributed by atoms with van der Waals surface area (Å²) in [4.78, 5) is 4.70. The third-order valence-corrected chi connectivity index (χ3v) is 5.64. The molecule has 1 aromatic carbocycles. The van der Waals surface area contributed by atoms with Crippen molar-refractivity contribution in [2.24, 2.45) is 5.92 Å². The monoisotopic (exact) mass is 378 g/mol. The average molecular weight is 379 g/mol. The van der Waals surface area contributed by atoms with Crippen molar-refractivity contribution in [3.05, 3.63) is 29.8 Å². The maximum absolute atomic E-state index is 10.1. The van der Waals surface area contributed by atoms with Crippen molar-refractivity contribution in [1.82, 2.24) is 9.80 Å². The topological polar surface area (TPSA) is 65.4 Å². The first-order chi connectivity index (χ1) is 13.3. The van der Waals surface area contributed by atoms with E-state index in [4.69, 9.17) is 9.47 Å². The molecule has 6 heteroatoms. The van der Waals surface area contributed by atoms with Crippen LogP contribution in [0.25, 0.3) is 0 Å². The highest BCUT2D eigenvalue weighted by atomic mass is 16.5. The van der Waals surface area contributed by atoms with E-state index in [1.165, 1.54) is 5.56 Å². The summed E-state index contributed by atoms with van der Waals surface area (Å²) >= 11 is 0. The molecule has 2 aliphatic heterocycles. The molecule has 3 rings (SSSR count). The molecule has 0 aromatic heterocycles. The van der Waals surface area contributed by atoms with Crippen molar-refractivity contribution in [3.8, 4) is 5.75 Å².